The van der Waals surface area contributed by atoms with Crippen LogP contribution < -0.4 is 10.1 Å². The van der Waals surface area contributed by atoms with Crippen LogP contribution in [0.1, 0.15) is 37.3 Å². The third-order valence-corrected chi connectivity index (χ3v) is 4.09. The first-order chi connectivity index (χ1) is 11.2. The number of ether oxygens (including phenoxy) is 2. The molecule has 1 N–H and O–H groups in total. The molecule has 0 fully saturated rings. The van der Waals surface area contributed by atoms with Crippen LogP contribution in [0.25, 0.3) is 0 Å². The van der Waals surface area contributed by atoms with Gasteiger partial charge in [-0.05, 0) is 55.9 Å². The van der Waals surface area contributed by atoms with Gasteiger partial charge >= 0.3 is 6.03 Å². The molecule has 0 saturated heterocycles. The molecule has 0 unspecified atom stereocenters. The lowest BCUT2D eigenvalue weighted by Crippen LogP contribution is -2.43. The second-order valence-electron chi connectivity index (χ2n) is 5.82. The number of rotatable bonds is 8. The van der Waals surface area contributed by atoms with Crippen molar-refractivity contribution < 1.29 is 14.3 Å². The summed E-state index contributed by atoms with van der Waals surface area (Å²) in [6.07, 6.45) is 4.02. The highest BCUT2D eigenvalue weighted by Crippen LogP contribution is 2.24. The zero-order valence-corrected chi connectivity index (χ0v) is 14.3. The van der Waals surface area contributed by atoms with E-state index in [1.54, 1.807) is 7.11 Å². The molecule has 0 aromatic heterocycles. The molecule has 0 saturated carbocycles. The molecule has 5 nitrogen and oxygen atoms in total. The van der Waals surface area contributed by atoms with Crippen molar-refractivity contribution in [2.75, 3.05) is 33.4 Å². The Balaban J connectivity index is 1.79. The minimum absolute atomic E-state index is 0.0317. The number of benzene rings is 1. The number of fused-ring (bicyclic) bond motifs is 1. The van der Waals surface area contributed by atoms with Crippen LogP contribution in [-0.4, -0.2) is 44.3 Å². The van der Waals surface area contributed by atoms with Gasteiger partial charge in [-0.3, -0.25) is 0 Å². The molecule has 0 aliphatic carbocycles. The van der Waals surface area contributed by atoms with E-state index in [1.165, 1.54) is 11.1 Å². The highest BCUT2D eigenvalue weighted by molar-refractivity contribution is 5.74. The molecule has 23 heavy (non-hydrogen) atoms. The summed E-state index contributed by atoms with van der Waals surface area (Å²) in [7, 11) is 1.72. The van der Waals surface area contributed by atoms with Crippen molar-refractivity contribution in [3.63, 3.8) is 0 Å². The number of hydrogen-bond acceptors (Lipinski definition) is 3. The van der Waals surface area contributed by atoms with Crippen molar-refractivity contribution in [1.29, 1.82) is 0 Å². The van der Waals surface area contributed by atoms with Crippen LogP contribution >= 0.6 is 0 Å². The Labute approximate surface area is 139 Å². The molecular weight excluding hydrogens is 292 g/mol. The van der Waals surface area contributed by atoms with Gasteiger partial charge in [-0.15, -0.1) is 0 Å². The molecule has 2 rings (SSSR count). The topological polar surface area (TPSA) is 50.8 Å². The Morgan fingerprint density at radius 3 is 2.91 bits per heavy atom. The third-order valence-electron chi connectivity index (χ3n) is 4.09. The summed E-state index contributed by atoms with van der Waals surface area (Å²) in [6, 6.07) is 6.22. The van der Waals surface area contributed by atoms with E-state index in [4.69, 9.17) is 9.47 Å². The largest absolute Gasteiger partial charge is 0.494 e. The summed E-state index contributed by atoms with van der Waals surface area (Å²) in [5.74, 6) is 0.881. The molecule has 5 heteroatoms. The molecule has 0 spiro atoms. The minimum Gasteiger partial charge on any atom is -0.494 e. The zero-order valence-electron chi connectivity index (χ0n) is 14.3. The lowest BCUT2D eigenvalue weighted by atomic mass is 10.00. The van der Waals surface area contributed by atoms with Gasteiger partial charge < -0.3 is 19.7 Å². The van der Waals surface area contributed by atoms with E-state index in [0.717, 1.165) is 51.1 Å². The standard InChI is InChI=1S/C18H28N2O3/c1-3-23-17-8-7-15-9-11-20(14-16(15)13-17)18(21)19-10-5-4-6-12-22-2/h7-8,13H,3-6,9-12,14H2,1-2H3,(H,19,21). The fourth-order valence-corrected chi connectivity index (χ4v) is 2.82. The highest BCUT2D eigenvalue weighted by Gasteiger charge is 2.20. The van der Waals surface area contributed by atoms with Crippen molar-refractivity contribution >= 4 is 6.03 Å². The first kappa shape index (κ1) is 17.6. The minimum atomic E-state index is 0.0317. The van der Waals surface area contributed by atoms with Gasteiger partial charge in [0.15, 0.2) is 0 Å². The van der Waals surface area contributed by atoms with Crippen molar-refractivity contribution in [1.82, 2.24) is 10.2 Å². The average molecular weight is 320 g/mol. The van der Waals surface area contributed by atoms with Crippen molar-refractivity contribution in [3.05, 3.63) is 29.3 Å². The van der Waals surface area contributed by atoms with E-state index >= 15 is 0 Å². The van der Waals surface area contributed by atoms with Gasteiger partial charge in [-0.2, -0.15) is 0 Å². The van der Waals surface area contributed by atoms with E-state index in [0.29, 0.717) is 13.2 Å². The number of nitrogens with one attached hydrogen (secondary N) is 1. The van der Waals surface area contributed by atoms with E-state index in [1.807, 2.05) is 17.9 Å². The Morgan fingerprint density at radius 1 is 1.26 bits per heavy atom. The fourth-order valence-electron chi connectivity index (χ4n) is 2.82. The molecule has 0 bridgehead atoms. The molecule has 0 atom stereocenters. The van der Waals surface area contributed by atoms with Gasteiger partial charge in [0.2, 0.25) is 0 Å². The van der Waals surface area contributed by atoms with E-state index in [9.17, 15) is 4.79 Å². The first-order valence-corrected chi connectivity index (χ1v) is 8.51. The number of amides is 2. The Hall–Kier alpha value is -1.75. The highest BCUT2D eigenvalue weighted by atomic mass is 16.5. The van der Waals surface area contributed by atoms with Crippen LogP contribution in [0.4, 0.5) is 4.79 Å². The third kappa shape index (κ3) is 5.43. The van der Waals surface area contributed by atoms with Crippen molar-refractivity contribution in [2.45, 2.75) is 39.2 Å². The quantitative estimate of drug-likeness (QED) is 0.749. The number of hydrogen-bond donors (Lipinski definition) is 1. The van der Waals surface area contributed by atoms with Crippen LogP contribution in [0.15, 0.2) is 18.2 Å². The SMILES string of the molecule is CCOc1ccc2c(c1)CN(C(=O)NCCCCCOC)CC2. The van der Waals surface area contributed by atoms with Crippen molar-refractivity contribution in [2.24, 2.45) is 0 Å². The number of carbonyl (C=O) groups is 1. The number of unbranched alkanes of at least 4 members (excludes halogenated alkanes) is 2. The maximum atomic E-state index is 12.3. The zero-order chi connectivity index (χ0) is 16.5. The van der Waals surface area contributed by atoms with Gasteiger partial charge in [0.1, 0.15) is 5.75 Å². The molecule has 2 amide bonds. The molecule has 1 aliphatic heterocycles. The molecule has 1 heterocycles. The number of nitrogens with zero attached hydrogens (tertiary/aromatic N) is 1. The van der Waals surface area contributed by atoms with Crippen LogP contribution in [0, 0.1) is 0 Å². The summed E-state index contributed by atoms with van der Waals surface area (Å²) >= 11 is 0. The van der Waals surface area contributed by atoms with Crippen LogP contribution in [0.5, 0.6) is 5.75 Å². The predicted molar refractivity (Wildman–Crippen MR) is 90.9 cm³/mol. The molecule has 128 valence electrons. The van der Waals surface area contributed by atoms with Gasteiger partial charge in [0.25, 0.3) is 0 Å². The fraction of sp³-hybridized carbons (Fsp3) is 0.611. The second kappa shape index (κ2) is 9.40. The van der Waals surface area contributed by atoms with Gasteiger partial charge in [0, 0.05) is 33.4 Å². The van der Waals surface area contributed by atoms with E-state index in [-0.39, 0.29) is 6.03 Å². The molecule has 0 radical (unpaired) electrons. The maximum absolute atomic E-state index is 12.3. The molecule has 1 aromatic rings. The van der Waals surface area contributed by atoms with E-state index in [2.05, 4.69) is 17.4 Å². The van der Waals surface area contributed by atoms with Gasteiger partial charge in [-0.1, -0.05) is 6.07 Å². The van der Waals surface area contributed by atoms with Crippen LogP contribution in [0.2, 0.25) is 0 Å². The predicted octanol–water partition coefficient (Wildman–Crippen LogP) is 2.97. The van der Waals surface area contributed by atoms with Gasteiger partial charge in [-0.25, -0.2) is 4.79 Å². The number of urea groups is 1. The van der Waals surface area contributed by atoms with Crippen molar-refractivity contribution in [3.8, 4) is 5.75 Å². The lowest BCUT2D eigenvalue weighted by molar-refractivity contribution is 0.188. The summed E-state index contributed by atoms with van der Waals surface area (Å²) in [5.41, 5.74) is 2.51. The smallest absolute Gasteiger partial charge is 0.317 e. The normalized spacial score (nSPS) is 13.6. The summed E-state index contributed by atoms with van der Waals surface area (Å²) in [4.78, 5) is 14.1. The monoisotopic (exact) mass is 320 g/mol. The van der Waals surface area contributed by atoms with Crippen LogP contribution in [-0.2, 0) is 17.7 Å². The molecule has 1 aromatic carbocycles. The van der Waals surface area contributed by atoms with Gasteiger partial charge in [0.05, 0.1) is 6.61 Å². The Morgan fingerprint density at radius 2 is 2.13 bits per heavy atom. The second-order valence-corrected chi connectivity index (χ2v) is 5.82. The summed E-state index contributed by atoms with van der Waals surface area (Å²) in [6.45, 7) is 5.59. The number of carbonyl (C=O) groups excluding carboxylic acids is 1. The first-order valence-electron chi connectivity index (χ1n) is 8.51. The molecular formula is C18H28N2O3. The number of methoxy groups -OCH3 is 1. The summed E-state index contributed by atoms with van der Waals surface area (Å²) < 4.78 is 10.6. The Kier molecular flexibility index (Phi) is 7.20. The summed E-state index contributed by atoms with van der Waals surface area (Å²) in [5, 5.41) is 3.01. The maximum Gasteiger partial charge on any atom is 0.317 e. The van der Waals surface area contributed by atoms with Crippen LogP contribution in [0.3, 0.4) is 0 Å². The van der Waals surface area contributed by atoms with E-state index < -0.39 is 0 Å². The average Bonchev–Trinajstić information content (AvgIpc) is 2.57. The molecule has 1 aliphatic rings. The Bertz CT molecular complexity index is 505. The lowest BCUT2D eigenvalue weighted by Gasteiger charge is -2.29.